The molecule has 7 nitrogen and oxygen atoms in total. The molecule has 0 unspecified atom stereocenters. The fourth-order valence-corrected chi connectivity index (χ4v) is 3.42. The second-order valence-corrected chi connectivity index (χ2v) is 7.84. The maximum Gasteiger partial charge on any atom is 0.573 e. The molecular formula is C17H13F4N3O4S. The van der Waals surface area contributed by atoms with Crippen molar-refractivity contribution in [2.24, 2.45) is 0 Å². The summed E-state index contributed by atoms with van der Waals surface area (Å²) in [5, 5.41) is 3.69. The number of benzene rings is 2. The highest BCUT2D eigenvalue weighted by Crippen LogP contribution is 2.25. The van der Waals surface area contributed by atoms with Crippen LogP contribution in [-0.2, 0) is 16.6 Å². The van der Waals surface area contributed by atoms with Crippen LogP contribution in [0.15, 0.2) is 57.9 Å². The summed E-state index contributed by atoms with van der Waals surface area (Å²) in [5.41, 5.74) is 0.346. The average Bonchev–Trinajstić information content (AvgIpc) is 3.10. The van der Waals surface area contributed by atoms with Crippen molar-refractivity contribution >= 4 is 10.0 Å². The van der Waals surface area contributed by atoms with Gasteiger partial charge in [0.25, 0.3) is 0 Å². The lowest BCUT2D eigenvalue weighted by Gasteiger charge is -2.14. The van der Waals surface area contributed by atoms with Crippen molar-refractivity contribution in [3.8, 4) is 17.1 Å². The SMILES string of the molecule is CN(Cc1nc(-c2ccc(OC(F)(F)F)cc2)no1)S(=O)(=O)c1ccc(F)cc1. The van der Waals surface area contributed by atoms with E-state index in [-0.39, 0.29) is 23.2 Å². The Labute approximate surface area is 162 Å². The molecule has 0 N–H and O–H groups in total. The molecule has 0 amide bonds. The molecule has 154 valence electrons. The zero-order chi connectivity index (χ0) is 21.2. The second kappa shape index (κ2) is 7.79. The number of rotatable bonds is 6. The summed E-state index contributed by atoms with van der Waals surface area (Å²) in [5.74, 6) is -0.954. The third-order valence-corrected chi connectivity index (χ3v) is 5.51. The normalized spacial score (nSPS) is 12.3. The molecule has 12 heteroatoms. The van der Waals surface area contributed by atoms with Crippen LogP contribution >= 0.6 is 0 Å². The van der Waals surface area contributed by atoms with E-state index in [1.54, 1.807) is 0 Å². The predicted molar refractivity (Wildman–Crippen MR) is 91.5 cm³/mol. The van der Waals surface area contributed by atoms with E-state index in [0.717, 1.165) is 40.7 Å². The summed E-state index contributed by atoms with van der Waals surface area (Å²) in [7, 11) is -2.63. The number of nitrogens with zero attached hydrogens (tertiary/aromatic N) is 3. The van der Waals surface area contributed by atoms with Crippen LogP contribution < -0.4 is 4.74 Å². The molecule has 0 saturated carbocycles. The van der Waals surface area contributed by atoms with Gasteiger partial charge < -0.3 is 9.26 Å². The first-order chi connectivity index (χ1) is 13.5. The highest BCUT2D eigenvalue weighted by molar-refractivity contribution is 7.89. The van der Waals surface area contributed by atoms with Gasteiger partial charge in [0.2, 0.25) is 21.7 Å². The zero-order valence-corrected chi connectivity index (χ0v) is 15.5. The van der Waals surface area contributed by atoms with Crippen LogP contribution in [0, 0.1) is 5.82 Å². The van der Waals surface area contributed by atoms with Gasteiger partial charge in [-0.25, -0.2) is 12.8 Å². The van der Waals surface area contributed by atoms with Crippen molar-refractivity contribution in [1.82, 2.24) is 14.4 Å². The monoisotopic (exact) mass is 431 g/mol. The van der Waals surface area contributed by atoms with Gasteiger partial charge in [0, 0.05) is 12.6 Å². The van der Waals surface area contributed by atoms with Gasteiger partial charge in [-0.3, -0.25) is 0 Å². The largest absolute Gasteiger partial charge is 0.573 e. The first-order valence-corrected chi connectivity index (χ1v) is 9.39. The summed E-state index contributed by atoms with van der Waals surface area (Å²) < 4.78 is 84.3. The first kappa shape index (κ1) is 20.7. The lowest BCUT2D eigenvalue weighted by Crippen LogP contribution is -2.26. The number of hydrogen-bond donors (Lipinski definition) is 0. The van der Waals surface area contributed by atoms with Gasteiger partial charge in [-0.05, 0) is 48.5 Å². The summed E-state index contributed by atoms with van der Waals surface area (Å²) in [6.07, 6.45) is -4.80. The number of aromatic nitrogens is 2. The molecule has 0 fully saturated rings. The maximum atomic E-state index is 13.0. The summed E-state index contributed by atoms with van der Waals surface area (Å²) in [4.78, 5) is 3.93. The van der Waals surface area contributed by atoms with Crippen molar-refractivity contribution in [3.05, 3.63) is 60.2 Å². The van der Waals surface area contributed by atoms with Gasteiger partial charge >= 0.3 is 6.36 Å². The summed E-state index contributed by atoms with van der Waals surface area (Å²) in [6, 6.07) is 9.09. The van der Waals surface area contributed by atoms with Crippen molar-refractivity contribution in [1.29, 1.82) is 0 Å². The molecule has 1 heterocycles. The van der Waals surface area contributed by atoms with Crippen LogP contribution in [0.25, 0.3) is 11.4 Å². The van der Waals surface area contributed by atoms with E-state index in [9.17, 15) is 26.0 Å². The third-order valence-electron chi connectivity index (χ3n) is 3.69. The van der Waals surface area contributed by atoms with E-state index < -0.39 is 28.0 Å². The average molecular weight is 431 g/mol. The quantitative estimate of drug-likeness (QED) is 0.555. The summed E-state index contributed by atoms with van der Waals surface area (Å²) in [6.45, 7) is -0.262. The van der Waals surface area contributed by atoms with Crippen molar-refractivity contribution in [2.75, 3.05) is 7.05 Å². The van der Waals surface area contributed by atoms with Crippen LogP contribution in [0.4, 0.5) is 17.6 Å². The van der Waals surface area contributed by atoms with E-state index >= 15 is 0 Å². The van der Waals surface area contributed by atoms with Gasteiger partial charge in [-0.1, -0.05) is 5.16 Å². The van der Waals surface area contributed by atoms with Gasteiger partial charge in [0.1, 0.15) is 11.6 Å². The van der Waals surface area contributed by atoms with Crippen LogP contribution in [0.5, 0.6) is 5.75 Å². The summed E-state index contributed by atoms with van der Waals surface area (Å²) >= 11 is 0. The Kier molecular flexibility index (Phi) is 5.57. The standard InChI is InChI=1S/C17H13F4N3O4S/c1-24(29(25,26)14-8-4-12(18)5-9-14)10-15-22-16(23-28-15)11-2-6-13(7-3-11)27-17(19,20)21/h2-9H,10H2,1H3. The number of alkyl halides is 3. The molecule has 3 rings (SSSR count). The van der Waals surface area contributed by atoms with Gasteiger partial charge in [0.05, 0.1) is 11.4 Å². The topological polar surface area (TPSA) is 85.5 Å². The minimum Gasteiger partial charge on any atom is -0.406 e. The first-order valence-electron chi connectivity index (χ1n) is 7.95. The third kappa shape index (κ3) is 5.09. The van der Waals surface area contributed by atoms with Gasteiger partial charge in [-0.2, -0.15) is 9.29 Å². The Morgan fingerprint density at radius 1 is 1.07 bits per heavy atom. The molecule has 0 aliphatic rings. The van der Waals surface area contributed by atoms with E-state index in [0.29, 0.717) is 5.56 Å². The minimum absolute atomic E-state index is 0.0381. The molecule has 0 spiro atoms. The molecule has 0 radical (unpaired) electrons. The fourth-order valence-electron chi connectivity index (χ4n) is 2.30. The van der Waals surface area contributed by atoms with Crippen LogP contribution in [0.1, 0.15) is 5.89 Å². The molecule has 0 aliphatic carbocycles. The molecule has 1 aromatic heterocycles. The molecule has 2 aromatic carbocycles. The number of ether oxygens (including phenoxy) is 1. The van der Waals surface area contributed by atoms with Gasteiger partial charge in [-0.15, -0.1) is 13.2 Å². The molecule has 0 bridgehead atoms. The molecule has 3 aromatic rings. The van der Waals surface area contributed by atoms with Crippen LogP contribution in [0.3, 0.4) is 0 Å². The number of hydrogen-bond acceptors (Lipinski definition) is 6. The maximum absolute atomic E-state index is 13.0. The Balaban J connectivity index is 1.72. The zero-order valence-electron chi connectivity index (χ0n) is 14.7. The van der Waals surface area contributed by atoms with Crippen molar-refractivity contribution < 1.29 is 35.2 Å². The lowest BCUT2D eigenvalue weighted by atomic mass is 10.2. The molecule has 0 aliphatic heterocycles. The van der Waals surface area contributed by atoms with Crippen molar-refractivity contribution in [2.45, 2.75) is 17.8 Å². The highest BCUT2D eigenvalue weighted by atomic mass is 32.2. The van der Waals surface area contributed by atoms with E-state index in [1.807, 2.05) is 0 Å². The van der Waals surface area contributed by atoms with E-state index in [2.05, 4.69) is 14.9 Å². The van der Waals surface area contributed by atoms with E-state index in [4.69, 9.17) is 4.52 Å². The van der Waals surface area contributed by atoms with E-state index in [1.165, 1.54) is 19.2 Å². The molecular weight excluding hydrogens is 418 g/mol. The molecule has 29 heavy (non-hydrogen) atoms. The van der Waals surface area contributed by atoms with Crippen LogP contribution in [0.2, 0.25) is 0 Å². The van der Waals surface area contributed by atoms with Crippen molar-refractivity contribution in [3.63, 3.8) is 0 Å². The lowest BCUT2D eigenvalue weighted by molar-refractivity contribution is -0.274. The Morgan fingerprint density at radius 2 is 1.69 bits per heavy atom. The number of sulfonamides is 1. The fraction of sp³-hybridized carbons (Fsp3) is 0.176. The predicted octanol–water partition coefficient (Wildman–Crippen LogP) is 3.60. The Morgan fingerprint density at radius 3 is 2.28 bits per heavy atom. The highest BCUT2D eigenvalue weighted by Gasteiger charge is 2.31. The number of halogens is 4. The van der Waals surface area contributed by atoms with Crippen LogP contribution in [-0.4, -0.2) is 36.3 Å². The molecule has 0 atom stereocenters. The van der Waals surface area contributed by atoms with Gasteiger partial charge in [0.15, 0.2) is 0 Å². The minimum atomic E-state index is -4.80. The second-order valence-electron chi connectivity index (χ2n) is 5.80. The Hall–Kier alpha value is -2.99. The Bertz CT molecular complexity index is 1080. The smallest absolute Gasteiger partial charge is 0.406 e. The molecule has 0 saturated heterocycles.